The smallest absolute Gasteiger partial charge is 0.407 e. The van der Waals surface area contributed by atoms with Crippen LogP contribution in [0.4, 0.5) is 4.79 Å². The van der Waals surface area contributed by atoms with E-state index >= 15 is 0 Å². The Balaban J connectivity index is 1.45. The molecule has 1 N–H and O–H groups in total. The van der Waals surface area contributed by atoms with Crippen LogP contribution in [0.1, 0.15) is 57.4 Å². The number of ether oxygens (including phenoxy) is 2. The number of amides is 1. The second-order valence-corrected chi connectivity index (χ2v) is 10.4. The predicted octanol–water partition coefficient (Wildman–Crippen LogP) is 4.45. The lowest BCUT2D eigenvalue weighted by molar-refractivity contribution is -0.0394. The van der Waals surface area contributed by atoms with E-state index in [1.54, 1.807) is 0 Å². The van der Waals surface area contributed by atoms with Gasteiger partial charge in [0.05, 0.1) is 12.7 Å². The van der Waals surface area contributed by atoms with Crippen molar-refractivity contribution in [3.8, 4) is 11.3 Å². The molecule has 0 spiro atoms. The van der Waals surface area contributed by atoms with Crippen molar-refractivity contribution in [3.63, 3.8) is 0 Å². The van der Waals surface area contributed by atoms with Crippen LogP contribution in [0.25, 0.3) is 11.3 Å². The maximum absolute atomic E-state index is 12.0. The Labute approximate surface area is 213 Å². The molecule has 36 heavy (non-hydrogen) atoms. The molecular weight excluding hydrogens is 456 g/mol. The molecular formula is C27H38N6O3. The van der Waals surface area contributed by atoms with E-state index < -0.39 is 11.7 Å². The zero-order valence-electron chi connectivity index (χ0n) is 21.8. The van der Waals surface area contributed by atoms with Crippen molar-refractivity contribution < 1.29 is 14.3 Å². The van der Waals surface area contributed by atoms with Gasteiger partial charge < -0.3 is 19.7 Å². The number of carbonyl (C=O) groups excluding carboxylic acids is 1. The molecule has 9 heteroatoms. The molecule has 1 atom stereocenters. The molecule has 9 nitrogen and oxygen atoms in total. The van der Waals surface area contributed by atoms with Crippen molar-refractivity contribution in [2.45, 2.75) is 65.0 Å². The Hall–Kier alpha value is -3.17. The molecule has 0 radical (unpaired) electrons. The number of benzene rings is 1. The minimum atomic E-state index is -0.508. The Morgan fingerprint density at radius 3 is 2.75 bits per heavy atom. The molecule has 0 bridgehead atoms. The maximum atomic E-state index is 12.0. The minimum Gasteiger partial charge on any atom is -0.444 e. The van der Waals surface area contributed by atoms with Crippen molar-refractivity contribution in [3.05, 3.63) is 60.0 Å². The Kier molecular flexibility index (Phi) is 8.43. The summed E-state index contributed by atoms with van der Waals surface area (Å²) in [5, 5.41) is 12.4. The van der Waals surface area contributed by atoms with Crippen LogP contribution in [-0.4, -0.2) is 62.9 Å². The Morgan fingerprint density at radius 1 is 1.22 bits per heavy atom. The zero-order chi connectivity index (χ0) is 25.5. The molecule has 3 aromatic rings. The molecule has 1 aromatic carbocycles. The normalized spacial score (nSPS) is 16.3. The molecule has 4 rings (SSSR count). The first-order valence-corrected chi connectivity index (χ1v) is 12.7. The fraction of sp³-hybridized carbons (Fsp3) is 0.519. The van der Waals surface area contributed by atoms with E-state index in [-0.39, 0.29) is 6.23 Å². The van der Waals surface area contributed by atoms with E-state index in [9.17, 15) is 4.79 Å². The van der Waals surface area contributed by atoms with Gasteiger partial charge in [0.2, 0.25) is 0 Å². The van der Waals surface area contributed by atoms with Crippen molar-refractivity contribution in [1.82, 2.24) is 29.8 Å². The molecule has 0 saturated carbocycles. The van der Waals surface area contributed by atoms with Crippen LogP contribution in [0.15, 0.2) is 48.9 Å². The van der Waals surface area contributed by atoms with E-state index in [1.807, 2.05) is 61.6 Å². The first kappa shape index (κ1) is 25.9. The number of hydrogen-bond donors (Lipinski definition) is 1. The fourth-order valence-electron chi connectivity index (χ4n) is 4.24. The molecule has 1 fully saturated rings. The summed E-state index contributed by atoms with van der Waals surface area (Å²) in [5.74, 6) is 0. The summed E-state index contributed by atoms with van der Waals surface area (Å²) in [5.41, 5.74) is 3.69. The molecule has 1 saturated heterocycles. The average molecular weight is 495 g/mol. The number of carbonyl (C=O) groups is 1. The third-order valence-electron chi connectivity index (χ3n) is 5.95. The summed E-state index contributed by atoms with van der Waals surface area (Å²) >= 11 is 0. The molecule has 3 heterocycles. The number of alkyl carbamates (subject to hydrolysis) is 1. The van der Waals surface area contributed by atoms with Crippen LogP contribution < -0.4 is 5.32 Å². The average Bonchev–Trinajstić information content (AvgIpc) is 3.46. The summed E-state index contributed by atoms with van der Waals surface area (Å²) in [6.45, 7) is 8.90. The first-order valence-electron chi connectivity index (χ1n) is 12.7. The number of likely N-dealkylation sites (N-methyl/N-ethyl adjacent to an activating group) is 1. The topological polar surface area (TPSA) is 86.4 Å². The third-order valence-corrected chi connectivity index (χ3v) is 5.95. The highest BCUT2D eigenvalue weighted by Gasteiger charge is 2.22. The summed E-state index contributed by atoms with van der Waals surface area (Å²) < 4.78 is 15.2. The molecule has 1 aliphatic rings. The van der Waals surface area contributed by atoms with Gasteiger partial charge in [0, 0.05) is 49.8 Å². The zero-order valence-corrected chi connectivity index (χ0v) is 21.8. The Bertz CT molecular complexity index is 1110. The summed E-state index contributed by atoms with van der Waals surface area (Å²) in [6.07, 6.45) is 8.79. The van der Waals surface area contributed by atoms with Gasteiger partial charge in [0.25, 0.3) is 0 Å². The molecule has 194 valence electrons. The van der Waals surface area contributed by atoms with Gasteiger partial charge in [-0.05, 0) is 52.6 Å². The first-order chi connectivity index (χ1) is 17.3. The second-order valence-electron chi connectivity index (χ2n) is 10.4. The quantitative estimate of drug-likeness (QED) is 0.473. The molecule has 2 aromatic heterocycles. The number of hydrogen-bond acceptors (Lipinski definition) is 6. The van der Waals surface area contributed by atoms with E-state index in [1.165, 1.54) is 5.56 Å². The van der Waals surface area contributed by atoms with E-state index in [0.29, 0.717) is 26.2 Å². The van der Waals surface area contributed by atoms with Crippen molar-refractivity contribution in [2.75, 3.05) is 26.7 Å². The summed E-state index contributed by atoms with van der Waals surface area (Å²) in [4.78, 5) is 14.1. The van der Waals surface area contributed by atoms with E-state index in [4.69, 9.17) is 14.6 Å². The van der Waals surface area contributed by atoms with E-state index in [2.05, 4.69) is 39.8 Å². The van der Waals surface area contributed by atoms with Crippen LogP contribution in [0.2, 0.25) is 0 Å². The summed E-state index contributed by atoms with van der Waals surface area (Å²) in [6, 6.07) is 10.3. The minimum absolute atomic E-state index is 0.0373. The van der Waals surface area contributed by atoms with Gasteiger partial charge in [-0.2, -0.15) is 10.2 Å². The van der Waals surface area contributed by atoms with Crippen LogP contribution in [0.5, 0.6) is 0 Å². The standard InChI is InChI=1S/C27H38N6O3/c1-27(2,3)36-26(34)28-13-14-31(4)18-23-20-33(24-12-8-9-15-35-24)30-25(23)22-16-29-32(19-22)17-21-10-6-5-7-11-21/h5-7,10-11,16,19-20,24H,8-9,12-15,17-18H2,1-4H3,(H,28,34). The van der Waals surface area contributed by atoms with Crippen LogP contribution in [0, 0.1) is 0 Å². The number of aromatic nitrogens is 4. The lowest BCUT2D eigenvalue weighted by atomic mass is 10.1. The largest absolute Gasteiger partial charge is 0.444 e. The Morgan fingerprint density at radius 2 is 2.03 bits per heavy atom. The van der Waals surface area contributed by atoms with Crippen molar-refractivity contribution in [2.24, 2.45) is 0 Å². The lowest BCUT2D eigenvalue weighted by Crippen LogP contribution is -2.36. The van der Waals surface area contributed by atoms with Crippen LogP contribution in [0.3, 0.4) is 0 Å². The maximum Gasteiger partial charge on any atom is 0.407 e. The monoisotopic (exact) mass is 494 g/mol. The summed E-state index contributed by atoms with van der Waals surface area (Å²) in [7, 11) is 2.04. The fourth-order valence-corrected chi connectivity index (χ4v) is 4.24. The van der Waals surface area contributed by atoms with Gasteiger partial charge in [-0.1, -0.05) is 30.3 Å². The number of rotatable bonds is 9. The SMILES string of the molecule is CN(CCNC(=O)OC(C)(C)C)Cc1cn(C2CCCCO2)nc1-c1cnn(Cc2ccccc2)c1. The van der Waals surface area contributed by atoms with Crippen LogP contribution >= 0.6 is 0 Å². The molecule has 1 amide bonds. The second kappa shape index (κ2) is 11.7. The predicted molar refractivity (Wildman–Crippen MR) is 138 cm³/mol. The van der Waals surface area contributed by atoms with Gasteiger partial charge in [-0.25, -0.2) is 9.48 Å². The highest BCUT2D eigenvalue weighted by Crippen LogP contribution is 2.28. The van der Waals surface area contributed by atoms with E-state index in [0.717, 1.165) is 42.7 Å². The van der Waals surface area contributed by atoms with Gasteiger partial charge in [-0.15, -0.1) is 0 Å². The van der Waals surface area contributed by atoms with Crippen LogP contribution in [-0.2, 0) is 22.6 Å². The highest BCUT2D eigenvalue weighted by molar-refractivity contribution is 5.67. The van der Waals surface area contributed by atoms with Crippen molar-refractivity contribution in [1.29, 1.82) is 0 Å². The van der Waals surface area contributed by atoms with Gasteiger partial charge in [0.15, 0.2) is 0 Å². The number of nitrogens with zero attached hydrogens (tertiary/aromatic N) is 5. The van der Waals surface area contributed by atoms with Crippen molar-refractivity contribution >= 4 is 6.09 Å². The van der Waals surface area contributed by atoms with Gasteiger partial charge in [0.1, 0.15) is 17.5 Å². The molecule has 1 unspecified atom stereocenters. The number of nitrogens with one attached hydrogen (secondary N) is 1. The van der Waals surface area contributed by atoms with Gasteiger partial charge in [-0.3, -0.25) is 4.68 Å². The highest BCUT2D eigenvalue weighted by atomic mass is 16.6. The lowest BCUT2D eigenvalue weighted by Gasteiger charge is -2.22. The molecule has 0 aliphatic carbocycles. The third kappa shape index (κ3) is 7.41. The van der Waals surface area contributed by atoms with Gasteiger partial charge >= 0.3 is 6.09 Å². The molecule has 1 aliphatic heterocycles.